The Kier molecular flexibility index (Phi) is 4.08. The molecule has 1 heterocycles. The van der Waals surface area contributed by atoms with Crippen LogP contribution in [0.1, 0.15) is 6.92 Å². The number of hydrogen-bond donors (Lipinski definition) is 1. The topological polar surface area (TPSA) is 98.2 Å². The fraction of sp³-hybridized carbons (Fsp3) is 0.300. The van der Waals surface area contributed by atoms with Crippen LogP contribution in [0.25, 0.3) is 11.0 Å². The Hall–Kier alpha value is -1.58. The summed E-state index contributed by atoms with van der Waals surface area (Å²) in [6, 6.07) is 4.66. The van der Waals surface area contributed by atoms with E-state index in [1.807, 2.05) is 0 Å². The molecule has 0 radical (unpaired) electrons. The Bertz CT molecular complexity index is 696. The van der Waals surface area contributed by atoms with Crippen molar-refractivity contribution >= 4 is 38.8 Å². The number of nitrogens with zero attached hydrogens (tertiary/aromatic N) is 2. The second kappa shape index (κ2) is 5.59. The molecule has 19 heavy (non-hydrogen) atoms. The van der Waals surface area contributed by atoms with Crippen molar-refractivity contribution in [1.82, 2.24) is 13.5 Å². The van der Waals surface area contributed by atoms with Crippen LogP contribution in [-0.2, 0) is 19.6 Å². The average Bonchev–Trinajstić information content (AvgIpc) is 2.84. The molecule has 0 saturated carbocycles. The SMILES string of the molecule is CCOC(=O)CNS(=O)(=O)c1cccc2nsnc12. The number of carbonyl (C=O) groups excluding carboxylic acids is 1. The van der Waals surface area contributed by atoms with E-state index in [1.54, 1.807) is 19.1 Å². The lowest BCUT2D eigenvalue weighted by Crippen LogP contribution is -2.30. The predicted molar refractivity (Wildman–Crippen MR) is 69.2 cm³/mol. The molecule has 7 nitrogen and oxygen atoms in total. The molecule has 0 aliphatic heterocycles. The van der Waals surface area contributed by atoms with Gasteiger partial charge in [-0.15, -0.1) is 0 Å². The number of benzene rings is 1. The number of rotatable bonds is 5. The standard InChI is InChI=1S/C10H11N3O4S2/c1-2-17-9(14)6-11-19(15,16)8-5-3-4-7-10(8)13-18-12-7/h3-5,11H,2,6H2,1H3. The molecule has 1 N–H and O–H groups in total. The van der Waals surface area contributed by atoms with Gasteiger partial charge in [-0.1, -0.05) is 6.07 Å². The molecule has 0 spiro atoms. The van der Waals surface area contributed by atoms with Gasteiger partial charge in [0.05, 0.1) is 18.3 Å². The van der Waals surface area contributed by atoms with Gasteiger partial charge in [-0.25, -0.2) is 8.42 Å². The number of fused-ring (bicyclic) bond motifs is 1. The van der Waals surface area contributed by atoms with Crippen LogP contribution >= 0.6 is 11.7 Å². The van der Waals surface area contributed by atoms with E-state index in [9.17, 15) is 13.2 Å². The summed E-state index contributed by atoms with van der Waals surface area (Å²) in [5, 5.41) is 0. The van der Waals surface area contributed by atoms with E-state index in [0.717, 1.165) is 11.7 Å². The van der Waals surface area contributed by atoms with Crippen LogP contribution in [-0.4, -0.2) is 36.3 Å². The van der Waals surface area contributed by atoms with E-state index in [-0.39, 0.29) is 11.5 Å². The molecule has 0 aliphatic carbocycles. The van der Waals surface area contributed by atoms with E-state index >= 15 is 0 Å². The monoisotopic (exact) mass is 301 g/mol. The summed E-state index contributed by atoms with van der Waals surface area (Å²) in [4.78, 5) is 11.2. The van der Waals surface area contributed by atoms with Crippen molar-refractivity contribution in [2.45, 2.75) is 11.8 Å². The van der Waals surface area contributed by atoms with Gasteiger partial charge in [0.15, 0.2) is 0 Å². The summed E-state index contributed by atoms with van der Waals surface area (Å²) in [5.74, 6) is -0.630. The Labute approximate surface area is 114 Å². The van der Waals surface area contributed by atoms with Crippen LogP contribution in [0.15, 0.2) is 23.1 Å². The summed E-state index contributed by atoms with van der Waals surface area (Å²) in [6.45, 7) is 1.43. The number of ether oxygens (including phenoxy) is 1. The van der Waals surface area contributed by atoms with Crippen molar-refractivity contribution in [2.75, 3.05) is 13.2 Å². The van der Waals surface area contributed by atoms with Gasteiger partial charge in [-0.3, -0.25) is 4.79 Å². The predicted octanol–water partition coefficient (Wildman–Crippen LogP) is 0.533. The smallest absolute Gasteiger partial charge is 0.321 e. The molecule has 2 aromatic rings. The quantitative estimate of drug-likeness (QED) is 0.809. The lowest BCUT2D eigenvalue weighted by molar-refractivity contribution is -0.141. The molecule has 1 aromatic heterocycles. The zero-order valence-corrected chi connectivity index (χ0v) is 11.6. The largest absolute Gasteiger partial charge is 0.465 e. The highest BCUT2D eigenvalue weighted by Gasteiger charge is 2.20. The third-order valence-electron chi connectivity index (χ3n) is 2.25. The van der Waals surface area contributed by atoms with Crippen LogP contribution < -0.4 is 4.72 Å². The lowest BCUT2D eigenvalue weighted by Gasteiger charge is -2.06. The van der Waals surface area contributed by atoms with Gasteiger partial charge in [-0.05, 0) is 19.1 Å². The second-order valence-electron chi connectivity index (χ2n) is 3.52. The van der Waals surface area contributed by atoms with Crippen LogP contribution in [0.3, 0.4) is 0 Å². The highest BCUT2D eigenvalue weighted by Crippen LogP contribution is 2.20. The van der Waals surface area contributed by atoms with Gasteiger partial charge < -0.3 is 4.74 Å². The molecule has 0 fully saturated rings. The molecule has 0 saturated heterocycles. The summed E-state index contributed by atoms with van der Waals surface area (Å²) < 4.78 is 38.9. The first kappa shape index (κ1) is 13.8. The maximum atomic E-state index is 12.1. The average molecular weight is 301 g/mol. The number of nitrogens with one attached hydrogen (secondary N) is 1. The first-order valence-electron chi connectivity index (χ1n) is 5.41. The van der Waals surface area contributed by atoms with Gasteiger partial charge in [-0.2, -0.15) is 13.5 Å². The number of hydrogen-bond acceptors (Lipinski definition) is 7. The highest BCUT2D eigenvalue weighted by molar-refractivity contribution is 7.89. The first-order valence-corrected chi connectivity index (χ1v) is 7.62. The van der Waals surface area contributed by atoms with Crippen molar-refractivity contribution in [1.29, 1.82) is 0 Å². The van der Waals surface area contributed by atoms with E-state index in [1.165, 1.54) is 6.07 Å². The number of aromatic nitrogens is 2. The highest BCUT2D eigenvalue weighted by atomic mass is 32.2. The van der Waals surface area contributed by atoms with Crippen LogP contribution in [0, 0.1) is 0 Å². The first-order chi connectivity index (χ1) is 9.04. The van der Waals surface area contributed by atoms with Gasteiger partial charge >= 0.3 is 5.97 Å². The molecule has 0 aliphatic rings. The Morgan fingerprint density at radius 3 is 2.95 bits per heavy atom. The maximum absolute atomic E-state index is 12.1. The molecule has 2 rings (SSSR count). The number of carbonyl (C=O) groups is 1. The third kappa shape index (κ3) is 3.06. The zero-order chi connectivity index (χ0) is 13.9. The number of esters is 1. The molecule has 0 bridgehead atoms. The van der Waals surface area contributed by atoms with Crippen LogP contribution in [0.5, 0.6) is 0 Å². The Morgan fingerprint density at radius 1 is 1.42 bits per heavy atom. The van der Waals surface area contributed by atoms with Crippen molar-refractivity contribution in [2.24, 2.45) is 0 Å². The van der Waals surface area contributed by atoms with Gasteiger partial charge in [0.2, 0.25) is 10.0 Å². The van der Waals surface area contributed by atoms with E-state index in [2.05, 4.69) is 18.2 Å². The van der Waals surface area contributed by atoms with E-state index < -0.39 is 22.5 Å². The van der Waals surface area contributed by atoms with E-state index in [0.29, 0.717) is 11.0 Å². The molecular weight excluding hydrogens is 290 g/mol. The zero-order valence-electron chi connectivity index (χ0n) is 9.99. The normalized spacial score (nSPS) is 11.6. The van der Waals surface area contributed by atoms with Crippen molar-refractivity contribution < 1.29 is 17.9 Å². The molecule has 9 heteroatoms. The molecule has 0 atom stereocenters. The Balaban J connectivity index is 2.24. The van der Waals surface area contributed by atoms with Gasteiger partial charge in [0, 0.05) is 0 Å². The van der Waals surface area contributed by atoms with Crippen molar-refractivity contribution in [3.63, 3.8) is 0 Å². The van der Waals surface area contributed by atoms with Crippen LogP contribution in [0.4, 0.5) is 0 Å². The van der Waals surface area contributed by atoms with Gasteiger partial charge in [0.1, 0.15) is 22.5 Å². The van der Waals surface area contributed by atoms with Crippen LogP contribution in [0.2, 0.25) is 0 Å². The lowest BCUT2D eigenvalue weighted by atomic mass is 10.3. The minimum absolute atomic E-state index is 0.00282. The third-order valence-corrected chi connectivity index (χ3v) is 4.23. The summed E-state index contributed by atoms with van der Waals surface area (Å²) in [7, 11) is -3.82. The fourth-order valence-electron chi connectivity index (χ4n) is 1.44. The summed E-state index contributed by atoms with van der Waals surface area (Å²) in [5.41, 5.74) is 0.799. The van der Waals surface area contributed by atoms with Crippen molar-refractivity contribution in [3.8, 4) is 0 Å². The summed E-state index contributed by atoms with van der Waals surface area (Å²) in [6.07, 6.45) is 0. The molecular formula is C10H11N3O4S2. The number of sulfonamides is 1. The fourth-order valence-corrected chi connectivity index (χ4v) is 3.18. The minimum atomic E-state index is -3.82. The van der Waals surface area contributed by atoms with Gasteiger partial charge in [0.25, 0.3) is 0 Å². The molecule has 1 aromatic carbocycles. The molecule has 0 amide bonds. The maximum Gasteiger partial charge on any atom is 0.321 e. The second-order valence-corrected chi connectivity index (χ2v) is 5.78. The van der Waals surface area contributed by atoms with E-state index in [4.69, 9.17) is 0 Å². The summed E-state index contributed by atoms with van der Waals surface area (Å²) >= 11 is 0.932. The molecule has 102 valence electrons. The Morgan fingerprint density at radius 2 is 2.21 bits per heavy atom. The minimum Gasteiger partial charge on any atom is -0.465 e. The van der Waals surface area contributed by atoms with Crippen molar-refractivity contribution in [3.05, 3.63) is 18.2 Å². The molecule has 0 unspecified atom stereocenters.